The van der Waals surface area contributed by atoms with Gasteiger partial charge in [0.1, 0.15) is 5.76 Å². The van der Waals surface area contributed by atoms with E-state index in [-0.39, 0.29) is 11.8 Å². The molecule has 0 N–H and O–H groups in total. The molecule has 3 rings (SSSR count). The van der Waals surface area contributed by atoms with Crippen LogP contribution < -0.4 is 0 Å². The van der Waals surface area contributed by atoms with Crippen LogP contribution in [0.15, 0.2) is 45.9 Å². The Morgan fingerprint density at radius 1 is 1.04 bits per heavy atom. The summed E-state index contributed by atoms with van der Waals surface area (Å²) in [6.07, 6.45) is 5.74. The number of rotatable bonds is 9. The van der Waals surface area contributed by atoms with Crippen molar-refractivity contribution in [2.75, 3.05) is 6.54 Å². The number of unbranched alkanes of at least 4 members (excludes halogenated alkanes) is 3. The normalized spacial score (nSPS) is 14.5. The molecule has 5 heteroatoms. The summed E-state index contributed by atoms with van der Waals surface area (Å²) < 4.78 is 5.40. The highest BCUT2D eigenvalue weighted by atomic mass is 32.2. The summed E-state index contributed by atoms with van der Waals surface area (Å²) in [5, 5.41) is 0. The zero-order valence-corrected chi connectivity index (χ0v) is 17.6. The van der Waals surface area contributed by atoms with Crippen molar-refractivity contribution in [1.82, 2.24) is 4.90 Å². The van der Waals surface area contributed by atoms with E-state index in [1.54, 1.807) is 6.26 Å². The van der Waals surface area contributed by atoms with Crippen LogP contribution in [-0.4, -0.2) is 23.3 Å². The van der Waals surface area contributed by atoms with E-state index >= 15 is 0 Å². The van der Waals surface area contributed by atoms with Gasteiger partial charge in [0.25, 0.3) is 11.8 Å². The predicted molar refractivity (Wildman–Crippen MR) is 114 cm³/mol. The summed E-state index contributed by atoms with van der Waals surface area (Å²) in [4.78, 5) is 28.3. The maximum Gasteiger partial charge on any atom is 0.267 e. The number of aryl methyl sites for hydroxylation is 2. The largest absolute Gasteiger partial charge is 0.468 e. The SMILES string of the molecule is CCCCCCN1C(=O)C(SCc2ccco2)=C(c2ccc(C)cc2C)C1=O. The minimum atomic E-state index is -0.173. The third-order valence-corrected chi connectivity index (χ3v) is 6.05. The monoisotopic (exact) mass is 397 g/mol. The Labute approximate surface area is 171 Å². The molecular formula is C23H27NO3S. The third-order valence-electron chi connectivity index (χ3n) is 4.95. The highest BCUT2D eigenvalue weighted by Crippen LogP contribution is 2.38. The summed E-state index contributed by atoms with van der Waals surface area (Å²) in [6, 6.07) is 9.72. The minimum Gasteiger partial charge on any atom is -0.468 e. The van der Waals surface area contributed by atoms with Crippen LogP contribution in [0.4, 0.5) is 0 Å². The molecule has 2 amide bonds. The van der Waals surface area contributed by atoms with Crippen LogP contribution in [0, 0.1) is 13.8 Å². The fourth-order valence-electron chi connectivity index (χ4n) is 3.46. The van der Waals surface area contributed by atoms with E-state index in [0.717, 1.165) is 48.1 Å². The van der Waals surface area contributed by atoms with Gasteiger partial charge in [0, 0.05) is 6.54 Å². The lowest BCUT2D eigenvalue weighted by atomic mass is 9.99. The van der Waals surface area contributed by atoms with Gasteiger partial charge in [-0.15, -0.1) is 11.8 Å². The van der Waals surface area contributed by atoms with Crippen LogP contribution in [0.2, 0.25) is 0 Å². The van der Waals surface area contributed by atoms with E-state index < -0.39 is 0 Å². The molecule has 2 aromatic rings. The molecule has 28 heavy (non-hydrogen) atoms. The lowest BCUT2D eigenvalue weighted by Crippen LogP contribution is -2.32. The molecule has 0 bridgehead atoms. The van der Waals surface area contributed by atoms with Crippen LogP contribution in [0.3, 0.4) is 0 Å². The van der Waals surface area contributed by atoms with Crippen molar-refractivity contribution in [3.63, 3.8) is 0 Å². The number of carbonyl (C=O) groups is 2. The predicted octanol–water partition coefficient (Wildman–Crippen LogP) is 5.49. The van der Waals surface area contributed by atoms with Crippen LogP contribution in [-0.2, 0) is 15.3 Å². The lowest BCUT2D eigenvalue weighted by Gasteiger charge is -2.15. The third kappa shape index (κ3) is 4.41. The Morgan fingerprint density at radius 2 is 1.86 bits per heavy atom. The molecule has 1 aromatic carbocycles. The second kappa shape index (κ2) is 9.28. The van der Waals surface area contributed by atoms with E-state index in [1.807, 2.05) is 38.1 Å². The van der Waals surface area contributed by atoms with Gasteiger partial charge < -0.3 is 4.42 Å². The van der Waals surface area contributed by atoms with Gasteiger partial charge in [-0.05, 0) is 43.5 Å². The molecule has 2 heterocycles. The first-order valence-electron chi connectivity index (χ1n) is 9.86. The Kier molecular flexibility index (Phi) is 6.79. The van der Waals surface area contributed by atoms with Gasteiger partial charge >= 0.3 is 0 Å². The van der Waals surface area contributed by atoms with Gasteiger partial charge in [-0.3, -0.25) is 14.5 Å². The summed E-state index contributed by atoms with van der Waals surface area (Å²) in [5.74, 6) is 0.974. The number of carbonyl (C=O) groups excluding carboxylic acids is 2. The average Bonchev–Trinajstić information content (AvgIpc) is 3.25. The van der Waals surface area contributed by atoms with E-state index in [2.05, 4.69) is 13.0 Å². The van der Waals surface area contributed by atoms with Gasteiger partial charge in [0.05, 0.1) is 22.5 Å². The van der Waals surface area contributed by atoms with E-state index in [0.29, 0.717) is 22.8 Å². The molecule has 4 nitrogen and oxygen atoms in total. The molecule has 0 unspecified atom stereocenters. The zero-order valence-electron chi connectivity index (χ0n) is 16.8. The summed E-state index contributed by atoms with van der Waals surface area (Å²) in [6.45, 7) is 6.65. The fraction of sp³-hybridized carbons (Fsp3) is 0.391. The molecule has 1 aliphatic heterocycles. The number of benzene rings is 1. The topological polar surface area (TPSA) is 50.5 Å². The number of amides is 2. The Hall–Kier alpha value is -2.27. The maximum atomic E-state index is 13.2. The number of hydrogen-bond acceptors (Lipinski definition) is 4. The van der Waals surface area contributed by atoms with Crippen molar-refractivity contribution in [3.8, 4) is 0 Å². The quantitative estimate of drug-likeness (QED) is 0.415. The van der Waals surface area contributed by atoms with Gasteiger partial charge in [-0.25, -0.2) is 0 Å². The molecule has 0 radical (unpaired) electrons. The van der Waals surface area contributed by atoms with Crippen LogP contribution in [0.1, 0.15) is 55.1 Å². The van der Waals surface area contributed by atoms with E-state index in [9.17, 15) is 9.59 Å². The highest BCUT2D eigenvalue weighted by molar-refractivity contribution is 8.03. The molecule has 0 saturated heterocycles. The van der Waals surface area contributed by atoms with E-state index in [4.69, 9.17) is 4.42 Å². The Balaban J connectivity index is 1.90. The first-order chi connectivity index (χ1) is 13.5. The van der Waals surface area contributed by atoms with Crippen molar-refractivity contribution >= 4 is 29.1 Å². The Bertz CT molecular complexity index is 883. The van der Waals surface area contributed by atoms with Gasteiger partial charge in [-0.2, -0.15) is 0 Å². The fourth-order valence-corrected chi connectivity index (χ4v) is 4.48. The van der Waals surface area contributed by atoms with Gasteiger partial charge in [-0.1, -0.05) is 49.9 Å². The molecular weight excluding hydrogens is 370 g/mol. The van der Waals surface area contributed by atoms with Gasteiger partial charge in [0.15, 0.2) is 0 Å². The first kappa shape index (κ1) is 20.5. The van der Waals surface area contributed by atoms with Crippen LogP contribution in [0.25, 0.3) is 5.57 Å². The van der Waals surface area contributed by atoms with Crippen LogP contribution in [0.5, 0.6) is 0 Å². The van der Waals surface area contributed by atoms with Crippen molar-refractivity contribution in [2.45, 2.75) is 52.2 Å². The summed E-state index contributed by atoms with van der Waals surface area (Å²) >= 11 is 1.39. The first-order valence-corrected chi connectivity index (χ1v) is 10.8. The number of hydrogen-bond donors (Lipinski definition) is 0. The number of furan rings is 1. The average molecular weight is 398 g/mol. The second-order valence-electron chi connectivity index (χ2n) is 7.21. The molecule has 0 atom stereocenters. The standard InChI is InChI=1S/C23H27NO3S/c1-4-5-6-7-12-24-22(25)20(19-11-10-16(2)14-17(19)3)21(23(24)26)28-15-18-9-8-13-27-18/h8-11,13-14H,4-7,12,15H2,1-3H3. The molecule has 148 valence electrons. The maximum absolute atomic E-state index is 13.2. The molecule has 0 fully saturated rings. The highest BCUT2D eigenvalue weighted by Gasteiger charge is 2.39. The minimum absolute atomic E-state index is 0.171. The molecule has 1 aliphatic rings. The van der Waals surface area contributed by atoms with Crippen molar-refractivity contribution in [1.29, 1.82) is 0 Å². The number of nitrogens with zero attached hydrogens (tertiary/aromatic N) is 1. The zero-order chi connectivity index (χ0) is 20.1. The second-order valence-corrected chi connectivity index (χ2v) is 8.20. The van der Waals surface area contributed by atoms with Crippen molar-refractivity contribution in [3.05, 3.63) is 64.0 Å². The number of imide groups is 1. The Morgan fingerprint density at radius 3 is 2.54 bits per heavy atom. The van der Waals surface area contributed by atoms with Crippen molar-refractivity contribution < 1.29 is 14.0 Å². The van der Waals surface area contributed by atoms with Crippen LogP contribution >= 0.6 is 11.8 Å². The summed E-state index contributed by atoms with van der Waals surface area (Å²) in [5.41, 5.74) is 3.54. The molecule has 0 spiro atoms. The lowest BCUT2D eigenvalue weighted by molar-refractivity contribution is -0.136. The smallest absolute Gasteiger partial charge is 0.267 e. The molecule has 0 aliphatic carbocycles. The van der Waals surface area contributed by atoms with Crippen molar-refractivity contribution in [2.24, 2.45) is 0 Å². The molecule has 0 saturated carbocycles. The molecule has 1 aromatic heterocycles. The van der Waals surface area contributed by atoms with Gasteiger partial charge in [0.2, 0.25) is 0 Å². The van der Waals surface area contributed by atoms with E-state index in [1.165, 1.54) is 16.7 Å². The summed E-state index contributed by atoms with van der Waals surface area (Å²) in [7, 11) is 0. The number of thioether (sulfide) groups is 1.